The van der Waals surface area contributed by atoms with Crippen LogP contribution in [0.5, 0.6) is 0 Å². The van der Waals surface area contributed by atoms with Crippen molar-refractivity contribution >= 4 is 40.4 Å². The van der Waals surface area contributed by atoms with Gasteiger partial charge in [-0.2, -0.15) is 0 Å². The number of fused-ring (bicyclic) bond motifs is 1. The van der Waals surface area contributed by atoms with Crippen LogP contribution in [-0.4, -0.2) is 67.3 Å². The molecule has 0 unspecified atom stereocenters. The lowest BCUT2D eigenvalue weighted by Gasteiger charge is -2.18. The Labute approximate surface area is 248 Å². The highest BCUT2D eigenvalue weighted by molar-refractivity contribution is 6.37. The van der Waals surface area contributed by atoms with E-state index in [4.69, 9.17) is 0 Å². The van der Waals surface area contributed by atoms with Gasteiger partial charge in [-0.15, -0.1) is 0 Å². The monoisotopic (exact) mass is 567 g/mol. The number of unbranched alkanes of at least 4 members (excludes halogenated alkanes) is 1. The highest BCUT2D eigenvalue weighted by Gasteiger charge is 2.30. The average Bonchev–Trinajstić information content (AvgIpc) is 3.35. The van der Waals surface area contributed by atoms with Gasteiger partial charge >= 0.3 is 0 Å². The Morgan fingerprint density at radius 1 is 0.833 bits per heavy atom. The van der Waals surface area contributed by atoms with E-state index < -0.39 is 0 Å². The van der Waals surface area contributed by atoms with E-state index in [-0.39, 0.29) is 17.7 Å². The third kappa shape index (κ3) is 7.25. The SMILES string of the molecule is CCCCN(C)C(=O)c1ccc2c(c1)/C(=C(/Nc1ccc(C(=O)NCCN(CC)CC)cc1)c1ccccc1)C(=O)N2. The van der Waals surface area contributed by atoms with Gasteiger partial charge < -0.3 is 25.8 Å². The van der Waals surface area contributed by atoms with E-state index in [1.165, 1.54) is 0 Å². The number of rotatable bonds is 13. The molecule has 4 rings (SSSR count). The van der Waals surface area contributed by atoms with Gasteiger partial charge in [0.05, 0.1) is 11.3 Å². The molecule has 0 spiro atoms. The summed E-state index contributed by atoms with van der Waals surface area (Å²) in [5.41, 5.74) is 5.06. The van der Waals surface area contributed by atoms with Crippen LogP contribution in [0.3, 0.4) is 0 Å². The Bertz CT molecular complexity index is 1430. The van der Waals surface area contributed by atoms with E-state index in [1.54, 1.807) is 42.3 Å². The lowest BCUT2D eigenvalue weighted by atomic mass is 9.98. The van der Waals surface area contributed by atoms with E-state index in [9.17, 15) is 14.4 Å². The van der Waals surface area contributed by atoms with Crippen molar-refractivity contribution in [1.29, 1.82) is 0 Å². The number of hydrogen-bond acceptors (Lipinski definition) is 5. The Kier molecular flexibility index (Phi) is 10.5. The van der Waals surface area contributed by atoms with Crippen LogP contribution in [0, 0.1) is 0 Å². The first-order chi connectivity index (χ1) is 20.4. The summed E-state index contributed by atoms with van der Waals surface area (Å²) in [7, 11) is 1.80. The molecule has 0 saturated heterocycles. The molecule has 0 radical (unpaired) electrons. The number of nitrogens with zero attached hydrogens (tertiary/aromatic N) is 2. The minimum absolute atomic E-state index is 0.0786. The van der Waals surface area contributed by atoms with E-state index in [2.05, 4.69) is 41.6 Å². The minimum Gasteiger partial charge on any atom is -0.354 e. The van der Waals surface area contributed by atoms with E-state index in [0.29, 0.717) is 46.7 Å². The molecule has 8 heteroatoms. The normalized spacial score (nSPS) is 13.4. The Morgan fingerprint density at radius 2 is 1.52 bits per heavy atom. The number of anilines is 2. The second kappa shape index (κ2) is 14.5. The first kappa shape index (κ1) is 30.5. The van der Waals surface area contributed by atoms with Crippen molar-refractivity contribution < 1.29 is 14.4 Å². The molecule has 0 fully saturated rings. The molecule has 0 bridgehead atoms. The van der Waals surface area contributed by atoms with Crippen LogP contribution in [0.25, 0.3) is 11.3 Å². The quantitative estimate of drug-likeness (QED) is 0.235. The largest absolute Gasteiger partial charge is 0.354 e. The molecule has 220 valence electrons. The van der Waals surface area contributed by atoms with Crippen molar-refractivity contribution in [3.05, 3.63) is 95.1 Å². The van der Waals surface area contributed by atoms with E-state index in [0.717, 1.165) is 43.7 Å². The summed E-state index contributed by atoms with van der Waals surface area (Å²) >= 11 is 0. The van der Waals surface area contributed by atoms with Crippen molar-refractivity contribution in [2.24, 2.45) is 0 Å². The molecule has 1 aliphatic heterocycles. The number of nitrogens with one attached hydrogen (secondary N) is 3. The van der Waals surface area contributed by atoms with Crippen LogP contribution in [0.2, 0.25) is 0 Å². The molecule has 0 atom stereocenters. The number of benzene rings is 3. The molecular formula is C34H41N5O3. The van der Waals surface area contributed by atoms with Crippen molar-refractivity contribution in [3.63, 3.8) is 0 Å². The summed E-state index contributed by atoms with van der Waals surface area (Å²) < 4.78 is 0. The number of carbonyl (C=O) groups is 3. The zero-order chi connectivity index (χ0) is 30.1. The van der Waals surface area contributed by atoms with Gasteiger partial charge in [0.15, 0.2) is 0 Å². The van der Waals surface area contributed by atoms with Crippen LogP contribution in [0.1, 0.15) is 65.5 Å². The summed E-state index contributed by atoms with van der Waals surface area (Å²) in [5.74, 6) is -0.449. The van der Waals surface area contributed by atoms with Crippen LogP contribution >= 0.6 is 0 Å². The first-order valence-electron chi connectivity index (χ1n) is 14.7. The average molecular weight is 568 g/mol. The molecule has 1 aliphatic rings. The van der Waals surface area contributed by atoms with Gasteiger partial charge in [0.25, 0.3) is 17.7 Å². The summed E-state index contributed by atoms with van der Waals surface area (Å²) in [6.45, 7) is 10.3. The minimum atomic E-state index is -0.246. The van der Waals surface area contributed by atoms with Crippen molar-refractivity contribution in [2.45, 2.75) is 33.6 Å². The third-order valence-corrected chi connectivity index (χ3v) is 7.54. The summed E-state index contributed by atoms with van der Waals surface area (Å²) in [6.07, 6.45) is 1.93. The molecule has 8 nitrogen and oxygen atoms in total. The fourth-order valence-electron chi connectivity index (χ4n) is 4.97. The van der Waals surface area contributed by atoms with Crippen LogP contribution in [0.4, 0.5) is 11.4 Å². The van der Waals surface area contributed by atoms with Gasteiger partial charge in [-0.1, -0.05) is 57.5 Å². The topological polar surface area (TPSA) is 93.8 Å². The Balaban J connectivity index is 1.62. The van der Waals surface area contributed by atoms with E-state index in [1.807, 2.05) is 42.5 Å². The van der Waals surface area contributed by atoms with Crippen LogP contribution < -0.4 is 16.0 Å². The Hall–Kier alpha value is -4.43. The Morgan fingerprint density at radius 3 is 2.19 bits per heavy atom. The molecule has 0 aromatic heterocycles. The number of hydrogen-bond donors (Lipinski definition) is 3. The number of amides is 3. The number of carbonyl (C=O) groups excluding carboxylic acids is 3. The molecule has 42 heavy (non-hydrogen) atoms. The summed E-state index contributed by atoms with van der Waals surface area (Å²) in [5, 5.41) is 9.37. The van der Waals surface area contributed by atoms with Crippen molar-refractivity contribution in [3.8, 4) is 0 Å². The standard InChI is InChI=1S/C34H41N5O3/c1-5-8-21-38(4)34(42)26-16-19-29-28(23-26)30(33(41)37-29)31(24-12-10-9-11-13-24)36-27-17-14-25(15-18-27)32(40)35-20-22-39(6-2)7-3/h9-19,23,36H,5-8,20-22H2,1-4H3,(H,35,40)(H,37,41)/b31-30-. The second-order valence-electron chi connectivity index (χ2n) is 10.4. The predicted octanol–water partition coefficient (Wildman–Crippen LogP) is 5.56. The third-order valence-electron chi connectivity index (χ3n) is 7.54. The molecule has 3 N–H and O–H groups in total. The molecule has 0 saturated carbocycles. The van der Waals surface area contributed by atoms with Crippen molar-refractivity contribution in [1.82, 2.24) is 15.1 Å². The number of likely N-dealkylation sites (N-methyl/N-ethyl adjacent to an activating group) is 1. The molecule has 1 heterocycles. The van der Waals surface area contributed by atoms with Gasteiger partial charge in [0.2, 0.25) is 0 Å². The highest BCUT2D eigenvalue weighted by Crippen LogP contribution is 2.38. The van der Waals surface area contributed by atoms with Crippen LogP contribution in [-0.2, 0) is 4.79 Å². The fraction of sp³-hybridized carbons (Fsp3) is 0.324. The first-order valence-corrected chi connectivity index (χ1v) is 14.7. The maximum absolute atomic E-state index is 13.4. The zero-order valence-corrected chi connectivity index (χ0v) is 25.0. The second-order valence-corrected chi connectivity index (χ2v) is 10.4. The summed E-state index contributed by atoms with van der Waals surface area (Å²) in [4.78, 5) is 43.2. The predicted molar refractivity (Wildman–Crippen MR) is 170 cm³/mol. The van der Waals surface area contributed by atoms with Gasteiger partial charge in [0.1, 0.15) is 0 Å². The van der Waals surface area contributed by atoms with Gasteiger partial charge in [-0.3, -0.25) is 14.4 Å². The maximum Gasteiger partial charge on any atom is 0.258 e. The molecule has 0 aliphatic carbocycles. The van der Waals surface area contributed by atoms with Gasteiger partial charge in [-0.05, 0) is 67.5 Å². The lowest BCUT2D eigenvalue weighted by Crippen LogP contribution is -2.34. The van der Waals surface area contributed by atoms with Crippen LogP contribution in [0.15, 0.2) is 72.8 Å². The van der Waals surface area contributed by atoms with Crippen molar-refractivity contribution in [2.75, 3.05) is 50.4 Å². The summed E-state index contributed by atoms with van der Waals surface area (Å²) in [6, 6.07) is 22.2. The van der Waals surface area contributed by atoms with E-state index >= 15 is 0 Å². The fourth-order valence-corrected chi connectivity index (χ4v) is 4.97. The van der Waals surface area contributed by atoms with Gasteiger partial charge in [-0.25, -0.2) is 0 Å². The molecular weight excluding hydrogens is 526 g/mol. The smallest absolute Gasteiger partial charge is 0.258 e. The molecule has 3 aromatic carbocycles. The molecule has 3 amide bonds. The molecule has 3 aromatic rings. The maximum atomic E-state index is 13.4. The lowest BCUT2D eigenvalue weighted by molar-refractivity contribution is -0.110. The van der Waals surface area contributed by atoms with Gasteiger partial charge in [0, 0.05) is 54.7 Å². The zero-order valence-electron chi connectivity index (χ0n) is 25.0. The highest BCUT2D eigenvalue weighted by atomic mass is 16.2.